The van der Waals surface area contributed by atoms with Crippen molar-refractivity contribution in [3.8, 4) is 0 Å². The lowest BCUT2D eigenvalue weighted by Crippen LogP contribution is -2.32. The molecule has 1 aliphatic rings. The Labute approximate surface area is 109 Å². The monoisotopic (exact) mass is 246 g/mol. The predicted molar refractivity (Wildman–Crippen MR) is 73.3 cm³/mol. The van der Waals surface area contributed by atoms with Crippen LogP contribution in [-0.4, -0.2) is 41.9 Å². The lowest BCUT2D eigenvalue weighted by atomic mass is 10.1. The van der Waals surface area contributed by atoms with Crippen LogP contribution in [0.25, 0.3) is 0 Å². The molecule has 0 atom stereocenters. The van der Waals surface area contributed by atoms with Gasteiger partial charge in [0.15, 0.2) is 0 Å². The van der Waals surface area contributed by atoms with Gasteiger partial charge in [0.1, 0.15) is 0 Å². The fourth-order valence-electron chi connectivity index (χ4n) is 2.47. The number of carbonyl (C=O) groups is 1. The Morgan fingerprint density at radius 1 is 1.22 bits per heavy atom. The molecule has 0 saturated carbocycles. The lowest BCUT2D eigenvalue weighted by molar-refractivity contribution is -0.130. The van der Waals surface area contributed by atoms with Gasteiger partial charge in [0.25, 0.3) is 0 Å². The first kappa shape index (κ1) is 13.1. The molecular formula is C15H22N2O. The number of aryl methyl sites for hydroxylation is 1. The molecule has 1 heterocycles. The highest BCUT2D eigenvalue weighted by Crippen LogP contribution is 2.11. The van der Waals surface area contributed by atoms with Gasteiger partial charge < -0.3 is 4.90 Å². The third kappa shape index (κ3) is 3.33. The summed E-state index contributed by atoms with van der Waals surface area (Å²) in [6, 6.07) is 8.61. The summed E-state index contributed by atoms with van der Waals surface area (Å²) in [5, 5.41) is 0. The quantitative estimate of drug-likeness (QED) is 0.815. The smallest absolute Gasteiger partial charge is 0.223 e. The molecule has 1 aromatic carbocycles. The van der Waals surface area contributed by atoms with Crippen LogP contribution >= 0.6 is 0 Å². The van der Waals surface area contributed by atoms with Gasteiger partial charge in [0, 0.05) is 39.1 Å². The van der Waals surface area contributed by atoms with Crippen LogP contribution in [0.4, 0.5) is 0 Å². The summed E-state index contributed by atoms with van der Waals surface area (Å²) in [5.74, 6) is 0.296. The molecule has 0 aliphatic carbocycles. The predicted octanol–water partition coefficient (Wildman–Crippen LogP) is 2.05. The molecule has 1 aromatic rings. The molecule has 1 aliphatic heterocycles. The summed E-state index contributed by atoms with van der Waals surface area (Å²) in [7, 11) is 0. The van der Waals surface area contributed by atoms with Crippen molar-refractivity contribution in [1.29, 1.82) is 0 Å². The van der Waals surface area contributed by atoms with Crippen molar-refractivity contribution in [2.75, 3.05) is 26.2 Å². The second-order valence-corrected chi connectivity index (χ2v) is 4.99. The van der Waals surface area contributed by atoms with Gasteiger partial charge in [-0.25, -0.2) is 0 Å². The third-order valence-corrected chi connectivity index (χ3v) is 3.55. The van der Waals surface area contributed by atoms with Gasteiger partial charge >= 0.3 is 0 Å². The first-order chi connectivity index (χ1) is 8.69. The maximum absolute atomic E-state index is 11.8. The Bertz CT molecular complexity index is 417. The Morgan fingerprint density at radius 3 is 2.78 bits per heavy atom. The molecule has 1 fully saturated rings. The van der Waals surface area contributed by atoms with Gasteiger partial charge in [-0.3, -0.25) is 9.69 Å². The van der Waals surface area contributed by atoms with Gasteiger partial charge in [-0.1, -0.05) is 29.8 Å². The van der Waals surface area contributed by atoms with Crippen molar-refractivity contribution in [2.24, 2.45) is 0 Å². The van der Waals surface area contributed by atoms with Crippen molar-refractivity contribution in [2.45, 2.75) is 26.8 Å². The van der Waals surface area contributed by atoms with Crippen LogP contribution in [0.3, 0.4) is 0 Å². The highest BCUT2D eigenvalue weighted by Gasteiger charge is 2.19. The van der Waals surface area contributed by atoms with Crippen LogP contribution in [0.1, 0.15) is 24.5 Å². The number of amides is 1. The first-order valence-electron chi connectivity index (χ1n) is 6.74. The maximum Gasteiger partial charge on any atom is 0.223 e. The highest BCUT2D eigenvalue weighted by molar-refractivity contribution is 5.76. The molecule has 0 aromatic heterocycles. The van der Waals surface area contributed by atoms with Crippen molar-refractivity contribution in [3.05, 3.63) is 35.4 Å². The molecule has 0 unspecified atom stereocenters. The largest absolute Gasteiger partial charge is 0.342 e. The van der Waals surface area contributed by atoms with E-state index >= 15 is 0 Å². The van der Waals surface area contributed by atoms with Crippen LogP contribution in [0.15, 0.2) is 24.3 Å². The molecule has 0 N–H and O–H groups in total. The molecule has 1 amide bonds. The summed E-state index contributed by atoms with van der Waals surface area (Å²) in [4.78, 5) is 16.1. The Hall–Kier alpha value is -1.35. The summed E-state index contributed by atoms with van der Waals surface area (Å²) < 4.78 is 0. The molecule has 3 heteroatoms. The van der Waals surface area contributed by atoms with Crippen LogP contribution in [0.2, 0.25) is 0 Å². The average molecular weight is 246 g/mol. The fourth-order valence-corrected chi connectivity index (χ4v) is 2.47. The van der Waals surface area contributed by atoms with Crippen LogP contribution in [-0.2, 0) is 11.3 Å². The van der Waals surface area contributed by atoms with Gasteiger partial charge in [-0.15, -0.1) is 0 Å². The highest BCUT2D eigenvalue weighted by atomic mass is 16.2. The number of hydrogen-bond donors (Lipinski definition) is 0. The SMILES string of the molecule is CCN1CCN(Cc2cccc(C)c2)CCC1=O. The minimum absolute atomic E-state index is 0.296. The fraction of sp³-hybridized carbons (Fsp3) is 0.533. The van der Waals surface area contributed by atoms with Gasteiger partial charge in [-0.05, 0) is 19.4 Å². The van der Waals surface area contributed by atoms with Crippen molar-refractivity contribution < 1.29 is 4.79 Å². The number of benzene rings is 1. The molecule has 0 radical (unpaired) electrons. The van der Waals surface area contributed by atoms with E-state index in [-0.39, 0.29) is 0 Å². The Morgan fingerprint density at radius 2 is 2.06 bits per heavy atom. The van der Waals surface area contributed by atoms with Gasteiger partial charge in [0.05, 0.1) is 0 Å². The summed E-state index contributed by atoms with van der Waals surface area (Å²) >= 11 is 0. The van der Waals surface area contributed by atoms with Crippen molar-refractivity contribution in [1.82, 2.24) is 9.80 Å². The van der Waals surface area contributed by atoms with E-state index in [0.717, 1.165) is 32.7 Å². The Kier molecular flexibility index (Phi) is 4.37. The number of likely N-dealkylation sites (N-methyl/N-ethyl adjacent to an activating group) is 1. The minimum Gasteiger partial charge on any atom is -0.342 e. The number of nitrogens with zero attached hydrogens (tertiary/aromatic N) is 2. The topological polar surface area (TPSA) is 23.6 Å². The lowest BCUT2D eigenvalue weighted by Gasteiger charge is -2.21. The zero-order chi connectivity index (χ0) is 13.0. The number of carbonyl (C=O) groups excluding carboxylic acids is 1. The molecule has 0 spiro atoms. The van der Waals surface area contributed by atoms with Crippen LogP contribution in [0, 0.1) is 6.92 Å². The van der Waals surface area contributed by atoms with E-state index < -0.39 is 0 Å². The molecule has 3 nitrogen and oxygen atoms in total. The van der Waals surface area contributed by atoms with Crippen molar-refractivity contribution in [3.63, 3.8) is 0 Å². The zero-order valence-electron chi connectivity index (χ0n) is 11.4. The number of hydrogen-bond acceptors (Lipinski definition) is 2. The van der Waals surface area contributed by atoms with E-state index in [9.17, 15) is 4.79 Å². The second kappa shape index (κ2) is 6.01. The van der Waals surface area contributed by atoms with E-state index in [4.69, 9.17) is 0 Å². The zero-order valence-corrected chi connectivity index (χ0v) is 11.4. The molecule has 98 valence electrons. The summed E-state index contributed by atoms with van der Waals surface area (Å²) in [6.45, 7) is 8.67. The number of rotatable bonds is 3. The maximum atomic E-state index is 11.8. The van der Waals surface area contributed by atoms with Crippen molar-refractivity contribution >= 4 is 5.91 Å². The normalized spacial score (nSPS) is 17.9. The van der Waals surface area contributed by atoms with Crippen LogP contribution in [0.5, 0.6) is 0 Å². The average Bonchev–Trinajstić information content (AvgIpc) is 2.52. The van der Waals surface area contributed by atoms with E-state index in [1.54, 1.807) is 0 Å². The summed E-state index contributed by atoms with van der Waals surface area (Å²) in [6.07, 6.45) is 0.652. The molecule has 1 saturated heterocycles. The van der Waals surface area contributed by atoms with Crippen LogP contribution < -0.4 is 0 Å². The molecular weight excluding hydrogens is 224 g/mol. The molecule has 18 heavy (non-hydrogen) atoms. The van der Waals surface area contributed by atoms with E-state index in [1.807, 2.05) is 11.8 Å². The molecule has 2 rings (SSSR count). The minimum atomic E-state index is 0.296. The third-order valence-electron chi connectivity index (χ3n) is 3.55. The second-order valence-electron chi connectivity index (χ2n) is 4.99. The molecule has 0 bridgehead atoms. The standard InChI is InChI=1S/C15H22N2O/c1-3-17-10-9-16(8-7-15(17)18)12-14-6-4-5-13(2)11-14/h4-6,11H,3,7-10,12H2,1-2H3. The van der Waals surface area contributed by atoms with E-state index in [1.165, 1.54) is 11.1 Å². The van der Waals surface area contributed by atoms with Gasteiger partial charge in [-0.2, -0.15) is 0 Å². The first-order valence-corrected chi connectivity index (χ1v) is 6.74. The van der Waals surface area contributed by atoms with E-state index in [2.05, 4.69) is 36.1 Å². The Balaban J connectivity index is 1.96. The van der Waals surface area contributed by atoms with Gasteiger partial charge in [0.2, 0.25) is 5.91 Å². The van der Waals surface area contributed by atoms with E-state index in [0.29, 0.717) is 12.3 Å². The summed E-state index contributed by atoms with van der Waals surface area (Å²) in [5.41, 5.74) is 2.64.